The Morgan fingerprint density at radius 1 is 1.24 bits per heavy atom. The molecule has 2 atom stereocenters. The monoisotopic (exact) mass is 234 g/mol. The Morgan fingerprint density at radius 2 is 1.88 bits per heavy atom. The van der Waals surface area contributed by atoms with Crippen molar-refractivity contribution in [3.05, 3.63) is 35.9 Å². The van der Waals surface area contributed by atoms with Gasteiger partial charge < -0.3 is 11.1 Å². The second kappa shape index (κ2) is 7.07. The summed E-state index contributed by atoms with van der Waals surface area (Å²) in [7, 11) is 0. The first-order chi connectivity index (χ1) is 8.22. The van der Waals surface area contributed by atoms with Crippen LogP contribution in [-0.4, -0.2) is 12.5 Å². The highest BCUT2D eigenvalue weighted by Crippen LogP contribution is 2.16. The van der Waals surface area contributed by atoms with E-state index in [9.17, 15) is 4.79 Å². The van der Waals surface area contributed by atoms with Gasteiger partial charge in [-0.25, -0.2) is 0 Å². The van der Waals surface area contributed by atoms with E-state index in [1.54, 1.807) is 0 Å². The predicted molar refractivity (Wildman–Crippen MR) is 70.5 cm³/mol. The lowest BCUT2D eigenvalue weighted by Crippen LogP contribution is -2.36. The van der Waals surface area contributed by atoms with Gasteiger partial charge in [-0.05, 0) is 18.4 Å². The zero-order valence-corrected chi connectivity index (χ0v) is 10.6. The predicted octanol–water partition coefficient (Wildman–Crippen LogP) is 2.24. The van der Waals surface area contributed by atoms with Gasteiger partial charge in [-0.15, -0.1) is 0 Å². The van der Waals surface area contributed by atoms with Crippen LogP contribution in [0.5, 0.6) is 0 Å². The van der Waals surface area contributed by atoms with Gasteiger partial charge >= 0.3 is 0 Å². The maximum Gasteiger partial charge on any atom is 0.224 e. The molecule has 0 aliphatic rings. The molecule has 1 rings (SSSR count). The van der Waals surface area contributed by atoms with E-state index in [0.717, 1.165) is 18.4 Å². The molecule has 0 fully saturated rings. The van der Waals surface area contributed by atoms with Crippen LogP contribution in [0.4, 0.5) is 0 Å². The third-order valence-electron chi connectivity index (χ3n) is 3.07. The number of benzene rings is 1. The normalized spacial score (nSPS) is 14.1. The molecule has 3 heteroatoms. The maximum atomic E-state index is 12.0. The molecule has 0 bridgehead atoms. The molecule has 0 aliphatic carbocycles. The second-order valence-electron chi connectivity index (χ2n) is 4.22. The Morgan fingerprint density at radius 3 is 2.35 bits per heavy atom. The smallest absolute Gasteiger partial charge is 0.224 e. The van der Waals surface area contributed by atoms with Crippen LogP contribution in [0.2, 0.25) is 0 Å². The van der Waals surface area contributed by atoms with Gasteiger partial charge in [0.1, 0.15) is 0 Å². The van der Waals surface area contributed by atoms with Gasteiger partial charge in [0.05, 0.1) is 6.04 Å². The molecule has 17 heavy (non-hydrogen) atoms. The minimum Gasteiger partial charge on any atom is -0.349 e. The van der Waals surface area contributed by atoms with Crippen molar-refractivity contribution in [1.29, 1.82) is 0 Å². The van der Waals surface area contributed by atoms with Crippen LogP contribution in [0.1, 0.15) is 38.3 Å². The van der Waals surface area contributed by atoms with E-state index in [1.165, 1.54) is 0 Å². The number of nitrogens with one attached hydrogen (secondary N) is 1. The van der Waals surface area contributed by atoms with E-state index in [-0.39, 0.29) is 17.9 Å². The van der Waals surface area contributed by atoms with Crippen molar-refractivity contribution in [2.45, 2.75) is 32.7 Å². The van der Waals surface area contributed by atoms with E-state index in [0.29, 0.717) is 6.54 Å². The summed E-state index contributed by atoms with van der Waals surface area (Å²) >= 11 is 0. The molecule has 3 nitrogen and oxygen atoms in total. The van der Waals surface area contributed by atoms with Gasteiger partial charge in [0.25, 0.3) is 0 Å². The molecule has 0 saturated heterocycles. The first-order valence-electron chi connectivity index (χ1n) is 6.28. The number of carbonyl (C=O) groups is 1. The molecule has 94 valence electrons. The summed E-state index contributed by atoms with van der Waals surface area (Å²) in [5.41, 5.74) is 6.73. The Bertz CT molecular complexity index is 333. The van der Waals surface area contributed by atoms with E-state index in [4.69, 9.17) is 5.73 Å². The summed E-state index contributed by atoms with van der Waals surface area (Å²) in [4.78, 5) is 12.0. The number of hydrogen-bond acceptors (Lipinski definition) is 2. The fourth-order valence-electron chi connectivity index (χ4n) is 1.86. The van der Waals surface area contributed by atoms with Gasteiger partial charge in [-0.1, -0.05) is 44.2 Å². The zero-order valence-electron chi connectivity index (χ0n) is 10.6. The molecule has 1 amide bonds. The molecule has 0 unspecified atom stereocenters. The molecule has 0 aliphatic heterocycles. The lowest BCUT2D eigenvalue weighted by atomic mass is 10.0. The van der Waals surface area contributed by atoms with Crippen LogP contribution >= 0.6 is 0 Å². The van der Waals surface area contributed by atoms with Crippen molar-refractivity contribution in [1.82, 2.24) is 5.32 Å². The van der Waals surface area contributed by atoms with Crippen LogP contribution in [0.3, 0.4) is 0 Å². The van der Waals surface area contributed by atoms with Gasteiger partial charge in [-0.2, -0.15) is 0 Å². The molecule has 1 aromatic carbocycles. The summed E-state index contributed by atoms with van der Waals surface area (Å²) in [6.07, 6.45) is 1.67. The molecule has 0 heterocycles. The van der Waals surface area contributed by atoms with Crippen molar-refractivity contribution >= 4 is 5.91 Å². The summed E-state index contributed by atoms with van der Waals surface area (Å²) in [5, 5.41) is 3.07. The molecule has 1 aromatic rings. The largest absolute Gasteiger partial charge is 0.349 e. The Balaban J connectivity index is 2.68. The fraction of sp³-hybridized carbons (Fsp3) is 0.500. The molecular weight excluding hydrogens is 212 g/mol. The highest BCUT2D eigenvalue weighted by molar-refractivity contribution is 5.79. The van der Waals surface area contributed by atoms with Crippen LogP contribution in [0.25, 0.3) is 0 Å². The Labute approximate surface area is 103 Å². The SMILES string of the molecule is CC[C@H](CN)C(=O)N[C@H](CC)c1ccccc1. The molecular formula is C14H22N2O. The minimum atomic E-state index is -0.0761. The van der Waals surface area contributed by atoms with E-state index < -0.39 is 0 Å². The van der Waals surface area contributed by atoms with Gasteiger partial charge in [0.15, 0.2) is 0 Å². The highest BCUT2D eigenvalue weighted by atomic mass is 16.1. The molecule has 0 aromatic heterocycles. The number of nitrogens with two attached hydrogens (primary N) is 1. The number of amides is 1. The van der Waals surface area contributed by atoms with Crippen LogP contribution in [0, 0.1) is 5.92 Å². The van der Waals surface area contributed by atoms with Crippen LogP contribution < -0.4 is 11.1 Å². The van der Waals surface area contributed by atoms with E-state index >= 15 is 0 Å². The zero-order chi connectivity index (χ0) is 12.7. The average Bonchev–Trinajstić information content (AvgIpc) is 2.38. The first-order valence-corrected chi connectivity index (χ1v) is 6.28. The lowest BCUT2D eigenvalue weighted by Gasteiger charge is -2.20. The van der Waals surface area contributed by atoms with Crippen molar-refractivity contribution in [2.24, 2.45) is 11.7 Å². The number of rotatable bonds is 6. The standard InChI is InChI=1S/C14H22N2O/c1-3-11(10-15)14(17)16-13(4-2)12-8-6-5-7-9-12/h5-9,11,13H,3-4,10,15H2,1-2H3,(H,16,17)/t11-,13-/m1/s1. The second-order valence-corrected chi connectivity index (χ2v) is 4.22. The third kappa shape index (κ3) is 3.86. The Kier molecular flexibility index (Phi) is 5.70. The lowest BCUT2D eigenvalue weighted by molar-refractivity contribution is -0.125. The summed E-state index contributed by atoms with van der Waals surface area (Å²) in [5.74, 6) is -0.0153. The third-order valence-corrected chi connectivity index (χ3v) is 3.07. The topological polar surface area (TPSA) is 55.1 Å². The number of carbonyl (C=O) groups excluding carboxylic acids is 1. The summed E-state index contributed by atoms with van der Waals surface area (Å²) in [6.45, 7) is 4.47. The first kappa shape index (κ1) is 13.7. The average molecular weight is 234 g/mol. The summed E-state index contributed by atoms with van der Waals surface area (Å²) in [6, 6.07) is 10.1. The number of hydrogen-bond donors (Lipinski definition) is 2. The van der Waals surface area contributed by atoms with Crippen molar-refractivity contribution in [2.75, 3.05) is 6.54 Å². The highest BCUT2D eigenvalue weighted by Gasteiger charge is 2.18. The van der Waals surface area contributed by atoms with E-state index in [2.05, 4.69) is 12.2 Å². The summed E-state index contributed by atoms with van der Waals surface area (Å²) < 4.78 is 0. The van der Waals surface area contributed by atoms with Crippen LogP contribution in [0.15, 0.2) is 30.3 Å². The molecule has 0 radical (unpaired) electrons. The van der Waals surface area contributed by atoms with Gasteiger partial charge in [-0.3, -0.25) is 4.79 Å². The maximum absolute atomic E-state index is 12.0. The van der Waals surface area contributed by atoms with Crippen molar-refractivity contribution < 1.29 is 4.79 Å². The fourth-order valence-corrected chi connectivity index (χ4v) is 1.86. The van der Waals surface area contributed by atoms with Gasteiger partial charge in [0.2, 0.25) is 5.91 Å². The quantitative estimate of drug-likeness (QED) is 0.793. The molecule has 0 spiro atoms. The van der Waals surface area contributed by atoms with Crippen molar-refractivity contribution in [3.8, 4) is 0 Å². The van der Waals surface area contributed by atoms with Crippen molar-refractivity contribution in [3.63, 3.8) is 0 Å². The molecule has 0 saturated carbocycles. The Hall–Kier alpha value is -1.35. The van der Waals surface area contributed by atoms with Gasteiger partial charge in [0, 0.05) is 12.5 Å². The van der Waals surface area contributed by atoms with Crippen LogP contribution in [-0.2, 0) is 4.79 Å². The molecule has 3 N–H and O–H groups in total. The van der Waals surface area contributed by atoms with E-state index in [1.807, 2.05) is 37.3 Å². The minimum absolute atomic E-state index is 0.0608.